The first-order valence-corrected chi connectivity index (χ1v) is 7.64. The normalized spacial score (nSPS) is 11.7. The molecule has 1 N–H and O–H groups in total. The summed E-state index contributed by atoms with van der Waals surface area (Å²) >= 11 is 0. The zero-order valence-corrected chi connectivity index (χ0v) is 12.9. The molecule has 0 heterocycles. The zero-order chi connectivity index (χ0) is 15.5. The Labute approximate surface area is 126 Å². The van der Waals surface area contributed by atoms with E-state index in [0.29, 0.717) is 26.0 Å². The van der Waals surface area contributed by atoms with Crippen LogP contribution in [0.1, 0.15) is 38.7 Å². The van der Waals surface area contributed by atoms with E-state index in [1.807, 2.05) is 37.3 Å². The fourth-order valence-corrected chi connectivity index (χ4v) is 2.06. The molecule has 1 rings (SSSR count). The Bertz CT molecular complexity index is 431. The van der Waals surface area contributed by atoms with E-state index in [9.17, 15) is 9.59 Å². The van der Waals surface area contributed by atoms with Crippen LogP contribution in [0, 0.1) is 5.92 Å². The molecule has 21 heavy (non-hydrogen) atoms. The third kappa shape index (κ3) is 6.93. The largest absolute Gasteiger partial charge is 0.466 e. The van der Waals surface area contributed by atoms with Crippen molar-refractivity contribution in [2.75, 3.05) is 13.2 Å². The van der Waals surface area contributed by atoms with Crippen LogP contribution in [0.5, 0.6) is 0 Å². The molecule has 4 nitrogen and oxygen atoms in total. The maximum absolute atomic E-state index is 12.0. The van der Waals surface area contributed by atoms with E-state index in [0.717, 1.165) is 18.4 Å². The number of amides is 1. The molecule has 0 bridgehead atoms. The molecule has 0 aliphatic heterocycles. The van der Waals surface area contributed by atoms with Gasteiger partial charge in [0.1, 0.15) is 0 Å². The van der Waals surface area contributed by atoms with Gasteiger partial charge in [0.25, 0.3) is 0 Å². The standard InChI is InChI=1S/C17H25NO3/c1-3-5-11-16(19)18-13-15(17(20)21-4-2)12-14-9-7-6-8-10-14/h6-10,15H,3-5,11-13H2,1-2H3,(H,18,19). The van der Waals surface area contributed by atoms with Gasteiger partial charge in [-0.3, -0.25) is 9.59 Å². The highest BCUT2D eigenvalue weighted by Crippen LogP contribution is 2.10. The quantitative estimate of drug-likeness (QED) is 0.712. The SMILES string of the molecule is CCCCC(=O)NCC(Cc1ccccc1)C(=O)OCC. The first-order valence-electron chi connectivity index (χ1n) is 7.64. The first-order chi connectivity index (χ1) is 10.2. The van der Waals surface area contributed by atoms with Gasteiger partial charge in [-0.25, -0.2) is 0 Å². The van der Waals surface area contributed by atoms with Crippen molar-refractivity contribution in [1.82, 2.24) is 5.32 Å². The predicted molar refractivity (Wildman–Crippen MR) is 82.8 cm³/mol. The molecular formula is C17H25NO3. The van der Waals surface area contributed by atoms with E-state index in [4.69, 9.17) is 4.74 Å². The molecule has 1 aromatic carbocycles. The minimum atomic E-state index is -0.335. The van der Waals surface area contributed by atoms with Gasteiger partial charge in [-0.1, -0.05) is 43.7 Å². The minimum absolute atomic E-state index is 0.000731. The molecule has 0 aromatic heterocycles. The summed E-state index contributed by atoms with van der Waals surface area (Å²) in [4.78, 5) is 23.7. The Balaban J connectivity index is 2.56. The fraction of sp³-hybridized carbons (Fsp3) is 0.529. The van der Waals surface area contributed by atoms with Crippen molar-refractivity contribution in [3.8, 4) is 0 Å². The molecule has 0 saturated carbocycles. The lowest BCUT2D eigenvalue weighted by atomic mass is 9.99. The van der Waals surface area contributed by atoms with Crippen molar-refractivity contribution in [3.05, 3.63) is 35.9 Å². The second-order valence-corrected chi connectivity index (χ2v) is 5.05. The molecule has 0 aliphatic carbocycles. The van der Waals surface area contributed by atoms with Crippen LogP contribution >= 0.6 is 0 Å². The number of carbonyl (C=O) groups is 2. The van der Waals surface area contributed by atoms with Crippen molar-refractivity contribution in [2.24, 2.45) is 5.92 Å². The van der Waals surface area contributed by atoms with Crippen LogP contribution in [0.4, 0.5) is 0 Å². The maximum Gasteiger partial charge on any atom is 0.311 e. The summed E-state index contributed by atoms with van der Waals surface area (Å²) in [6, 6.07) is 9.78. The summed E-state index contributed by atoms with van der Waals surface area (Å²) in [5.74, 6) is -0.589. The molecule has 0 spiro atoms. The lowest BCUT2D eigenvalue weighted by molar-refractivity contribution is -0.147. The topological polar surface area (TPSA) is 55.4 Å². The number of esters is 1. The molecule has 0 aliphatic rings. The number of hydrogen-bond donors (Lipinski definition) is 1. The molecular weight excluding hydrogens is 266 g/mol. The monoisotopic (exact) mass is 291 g/mol. The average Bonchev–Trinajstić information content (AvgIpc) is 2.50. The summed E-state index contributed by atoms with van der Waals surface area (Å²) in [5, 5.41) is 2.84. The number of carbonyl (C=O) groups excluding carboxylic acids is 2. The van der Waals surface area contributed by atoms with E-state index >= 15 is 0 Å². The third-order valence-electron chi connectivity index (χ3n) is 3.25. The second-order valence-electron chi connectivity index (χ2n) is 5.05. The van der Waals surface area contributed by atoms with Gasteiger partial charge in [0.2, 0.25) is 5.91 Å². The van der Waals surface area contributed by atoms with Crippen molar-refractivity contribution >= 4 is 11.9 Å². The van der Waals surface area contributed by atoms with Gasteiger partial charge in [-0.2, -0.15) is 0 Å². The van der Waals surface area contributed by atoms with E-state index < -0.39 is 0 Å². The lowest BCUT2D eigenvalue weighted by Gasteiger charge is -2.16. The highest BCUT2D eigenvalue weighted by Gasteiger charge is 2.21. The Hall–Kier alpha value is -1.84. The zero-order valence-electron chi connectivity index (χ0n) is 12.9. The van der Waals surface area contributed by atoms with Crippen LogP contribution in [0.2, 0.25) is 0 Å². The number of unbranched alkanes of at least 4 members (excludes halogenated alkanes) is 1. The number of rotatable bonds is 9. The summed E-state index contributed by atoms with van der Waals surface area (Å²) in [7, 11) is 0. The Morgan fingerprint density at radius 3 is 2.52 bits per heavy atom. The molecule has 1 atom stereocenters. The molecule has 1 unspecified atom stereocenters. The van der Waals surface area contributed by atoms with Gasteiger partial charge in [0.15, 0.2) is 0 Å². The summed E-state index contributed by atoms with van der Waals surface area (Å²) in [6.07, 6.45) is 2.94. The van der Waals surface area contributed by atoms with Gasteiger partial charge in [0.05, 0.1) is 12.5 Å². The molecule has 1 amide bonds. The van der Waals surface area contributed by atoms with E-state index in [-0.39, 0.29) is 17.8 Å². The summed E-state index contributed by atoms with van der Waals surface area (Å²) in [5.41, 5.74) is 1.07. The molecule has 1 aromatic rings. The first kappa shape index (κ1) is 17.2. The van der Waals surface area contributed by atoms with Gasteiger partial charge < -0.3 is 10.1 Å². The lowest BCUT2D eigenvalue weighted by Crippen LogP contribution is -2.35. The summed E-state index contributed by atoms with van der Waals surface area (Å²) < 4.78 is 5.10. The molecule has 4 heteroatoms. The van der Waals surface area contributed by atoms with Crippen molar-refractivity contribution in [3.63, 3.8) is 0 Å². The number of nitrogens with one attached hydrogen (secondary N) is 1. The van der Waals surface area contributed by atoms with Gasteiger partial charge >= 0.3 is 5.97 Å². The number of ether oxygens (including phenoxy) is 1. The smallest absolute Gasteiger partial charge is 0.311 e. The third-order valence-corrected chi connectivity index (χ3v) is 3.25. The Morgan fingerprint density at radius 2 is 1.90 bits per heavy atom. The van der Waals surface area contributed by atoms with E-state index in [1.165, 1.54) is 0 Å². The molecule has 0 saturated heterocycles. The Kier molecular flexibility index (Phi) is 8.17. The highest BCUT2D eigenvalue weighted by molar-refractivity contribution is 5.78. The second kappa shape index (κ2) is 9.97. The minimum Gasteiger partial charge on any atom is -0.466 e. The molecule has 116 valence electrons. The highest BCUT2D eigenvalue weighted by atomic mass is 16.5. The van der Waals surface area contributed by atoms with Crippen molar-refractivity contribution < 1.29 is 14.3 Å². The van der Waals surface area contributed by atoms with Gasteiger partial charge in [-0.15, -0.1) is 0 Å². The van der Waals surface area contributed by atoms with Crippen LogP contribution in [0.15, 0.2) is 30.3 Å². The molecule has 0 radical (unpaired) electrons. The van der Waals surface area contributed by atoms with Crippen LogP contribution in [0.25, 0.3) is 0 Å². The van der Waals surface area contributed by atoms with Crippen LogP contribution < -0.4 is 5.32 Å². The predicted octanol–water partition coefficient (Wildman–Crippen LogP) is 2.71. The fourth-order valence-electron chi connectivity index (χ4n) is 2.06. The maximum atomic E-state index is 12.0. The van der Waals surface area contributed by atoms with Crippen LogP contribution in [0.3, 0.4) is 0 Å². The average molecular weight is 291 g/mol. The van der Waals surface area contributed by atoms with Crippen molar-refractivity contribution in [1.29, 1.82) is 0 Å². The van der Waals surface area contributed by atoms with Crippen LogP contribution in [-0.4, -0.2) is 25.0 Å². The van der Waals surface area contributed by atoms with E-state index in [2.05, 4.69) is 5.32 Å². The van der Waals surface area contributed by atoms with Gasteiger partial charge in [-0.05, 0) is 25.3 Å². The van der Waals surface area contributed by atoms with Crippen molar-refractivity contribution in [2.45, 2.75) is 39.5 Å². The summed E-state index contributed by atoms with van der Waals surface area (Å²) in [6.45, 7) is 4.52. The molecule has 0 fully saturated rings. The number of hydrogen-bond acceptors (Lipinski definition) is 3. The van der Waals surface area contributed by atoms with E-state index in [1.54, 1.807) is 6.92 Å². The number of benzene rings is 1. The van der Waals surface area contributed by atoms with Crippen LogP contribution in [-0.2, 0) is 20.7 Å². The Morgan fingerprint density at radius 1 is 1.19 bits per heavy atom. The van der Waals surface area contributed by atoms with Gasteiger partial charge in [0, 0.05) is 13.0 Å².